The Kier molecular flexibility index (Phi) is 5.69. The molecule has 0 unspecified atom stereocenters. The third-order valence-electron chi connectivity index (χ3n) is 5.07. The molecule has 0 spiro atoms. The summed E-state index contributed by atoms with van der Waals surface area (Å²) in [6.45, 7) is 2.19. The van der Waals surface area contributed by atoms with Crippen LogP contribution < -0.4 is 4.72 Å². The van der Waals surface area contributed by atoms with Gasteiger partial charge in [0.1, 0.15) is 17.8 Å². The number of ether oxygens (including phenoxy) is 1. The summed E-state index contributed by atoms with van der Waals surface area (Å²) < 4.78 is 39.1. The maximum absolute atomic E-state index is 12.6. The fourth-order valence-corrected chi connectivity index (χ4v) is 4.48. The van der Waals surface area contributed by atoms with Crippen LogP contribution in [0.5, 0.6) is 0 Å². The highest BCUT2D eigenvalue weighted by atomic mass is 32.2. The Morgan fingerprint density at radius 1 is 0.971 bits per heavy atom. The average molecular weight is 473 g/mol. The van der Waals surface area contributed by atoms with E-state index in [9.17, 15) is 8.42 Å². The Balaban J connectivity index is 1.42. The summed E-state index contributed by atoms with van der Waals surface area (Å²) in [5.74, 6) is 0.429. The fourth-order valence-electron chi connectivity index (χ4n) is 3.41. The van der Waals surface area contributed by atoms with Crippen LogP contribution in [-0.2, 0) is 14.8 Å². The van der Waals surface area contributed by atoms with Gasteiger partial charge in [0.25, 0.3) is 10.0 Å². The number of rotatable bonds is 6. The molecule has 0 fully saturated rings. The van der Waals surface area contributed by atoms with E-state index in [1.165, 1.54) is 12.1 Å². The summed E-state index contributed by atoms with van der Waals surface area (Å²) in [6.07, 6.45) is 3.30. The highest BCUT2D eigenvalue weighted by molar-refractivity contribution is 7.92. The molecule has 8 nitrogen and oxygen atoms in total. The van der Waals surface area contributed by atoms with Gasteiger partial charge in [-0.2, -0.15) is 10.2 Å². The molecule has 170 valence electrons. The van der Waals surface area contributed by atoms with Crippen molar-refractivity contribution < 1.29 is 17.6 Å². The Hall–Kier alpha value is -4.24. The number of nitrogens with one attached hydrogen (secondary N) is 1. The van der Waals surface area contributed by atoms with Crippen molar-refractivity contribution in [3.63, 3.8) is 0 Å². The zero-order chi connectivity index (χ0) is 23.5. The Morgan fingerprint density at radius 3 is 2.68 bits per heavy atom. The highest BCUT2D eigenvalue weighted by Gasteiger charge is 2.18. The van der Waals surface area contributed by atoms with Crippen LogP contribution in [0.1, 0.15) is 11.5 Å². The Bertz CT molecular complexity index is 1550. The molecule has 0 saturated carbocycles. The number of aromatic nitrogens is 1. The van der Waals surface area contributed by atoms with Gasteiger partial charge in [-0.05, 0) is 61.0 Å². The fraction of sp³-hybridized carbons (Fsp3) is 0.0800. The quantitative estimate of drug-likeness (QED) is 0.348. The van der Waals surface area contributed by atoms with E-state index in [4.69, 9.17) is 9.15 Å². The molecule has 0 bridgehead atoms. The standard InChI is InChI=1S/C25H20N4O4S/c1-17-10-11-22-24(14-17)33-25(26-22)21-12-13-32-16-23(21)28-27-18-6-5-7-19(15-18)29-34(30,31)20-8-3-2-4-9-20/h2-15,29H,16H2,1H3. The lowest BCUT2D eigenvalue weighted by atomic mass is 10.2. The van der Waals surface area contributed by atoms with E-state index in [1.54, 1.807) is 54.8 Å². The van der Waals surface area contributed by atoms with Crippen LogP contribution in [0.3, 0.4) is 0 Å². The molecule has 1 aromatic heterocycles. The van der Waals surface area contributed by atoms with Crippen molar-refractivity contribution in [1.82, 2.24) is 4.98 Å². The highest BCUT2D eigenvalue weighted by Crippen LogP contribution is 2.29. The van der Waals surface area contributed by atoms with Gasteiger partial charge in [-0.3, -0.25) is 4.72 Å². The van der Waals surface area contributed by atoms with Crippen molar-refractivity contribution in [2.75, 3.05) is 11.3 Å². The van der Waals surface area contributed by atoms with Crippen molar-refractivity contribution in [2.45, 2.75) is 11.8 Å². The van der Waals surface area contributed by atoms with Gasteiger partial charge in [0.15, 0.2) is 5.58 Å². The second-order valence-electron chi connectivity index (χ2n) is 7.63. The lowest BCUT2D eigenvalue weighted by Crippen LogP contribution is -2.12. The summed E-state index contributed by atoms with van der Waals surface area (Å²) in [4.78, 5) is 4.73. The lowest BCUT2D eigenvalue weighted by Gasteiger charge is -2.10. The monoisotopic (exact) mass is 472 g/mol. The second-order valence-corrected chi connectivity index (χ2v) is 9.32. The van der Waals surface area contributed by atoms with Gasteiger partial charge < -0.3 is 9.15 Å². The first kappa shape index (κ1) is 21.6. The number of anilines is 1. The number of oxazole rings is 1. The zero-order valence-electron chi connectivity index (χ0n) is 18.2. The number of allylic oxidation sites excluding steroid dienone is 2. The molecule has 0 amide bonds. The Morgan fingerprint density at radius 2 is 1.82 bits per heavy atom. The van der Waals surface area contributed by atoms with Crippen molar-refractivity contribution in [1.29, 1.82) is 0 Å². The van der Waals surface area contributed by atoms with Crippen LogP contribution in [-0.4, -0.2) is 20.0 Å². The number of benzene rings is 3. The minimum absolute atomic E-state index is 0.177. The number of azo groups is 1. The first-order chi connectivity index (χ1) is 16.5. The first-order valence-corrected chi connectivity index (χ1v) is 11.9. The van der Waals surface area contributed by atoms with E-state index in [0.717, 1.165) is 11.1 Å². The molecule has 4 aromatic rings. The normalized spacial score (nSPS) is 14.0. The largest absolute Gasteiger partial charge is 0.495 e. The van der Waals surface area contributed by atoms with Crippen molar-refractivity contribution >= 4 is 38.1 Å². The molecule has 1 N–H and O–H groups in total. The van der Waals surface area contributed by atoms with Crippen molar-refractivity contribution in [3.05, 3.63) is 102 Å². The number of aryl methyl sites for hydroxylation is 1. The number of fused-ring (bicyclic) bond motifs is 1. The van der Waals surface area contributed by atoms with Gasteiger partial charge >= 0.3 is 0 Å². The third-order valence-corrected chi connectivity index (χ3v) is 6.47. The van der Waals surface area contributed by atoms with Gasteiger partial charge in [0.05, 0.1) is 28.1 Å². The number of nitrogens with zero attached hydrogens (tertiary/aromatic N) is 3. The molecule has 0 radical (unpaired) electrons. The summed E-state index contributed by atoms with van der Waals surface area (Å²) in [5.41, 5.74) is 4.59. The van der Waals surface area contributed by atoms with Crippen molar-refractivity contribution in [3.8, 4) is 0 Å². The second kappa shape index (κ2) is 8.95. The molecule has 34 heavy (non-hydrogen) atoms. The average Bonchev–Trinajstić information content (AvgIpc) is 3.26. The van der Waals surface area contributed by atoms with E-state index in [2.05, 4.69) is 19.9 Å². The molecular weight excluding hydrogens is 452 g/mol. The third kappa shape index (κ3) is 4.60. The number of hydrogen-bond donors (Lipinski definition) is 1. The van der Waals surface area contributed by atoms with Crippen LogP contribution in [0.2, 0.25) is 0 Å². The SMILES string of the molecule is Cc1ccc2nc(C3=C(N=Nc4cccc(NS(=O)(=O)c5ccccc5)c4)COC=C3)oc2c1. The van der Waals surface area contributed by atoms with Gasteiger partial charge in [-0.1, -0.05) is 30.3 Å². The topological polar surface area (TPSA) is 106 Å². The first-order valence-electron chi connectivity index (χ1n) is 10.5. The minimum Gasteiger partial charge on any atom is -0.495 e. The maximum Gasteiger partial charge on any atom is 0.261 e. The van der Waals surface area contributed by atoms with Gasteiger partial charge in [0, 0.05) is 0 Å². The molecule has 2 heterocycles. The minimum atomic E-state index is -3.71. The predicted octanol–water partition coefficient (Wildman–Crippen LogP) is 5.98. The molecule has 0 atom stereocenters. The van der Waals surface area contributed by atoms with E-state index in [1.807, 2.05) is 25.1 Å². The van der Waals surface area contributed by atoms with Gasteiger partial charge in [-0.15, -0.1) is 0 Å². The van der Waals surface area contributed by atoms with Gasteiger partial charge in [-0.25, -0.2) is 13.4 Å². The molecule has 9 heteroatoms. The Labute approximate surface area is 196 Å². The molecule has 3 aromatic carbocycles. The molecule has 1 aliphatic heterocycles. The van der Waals surface area contributed by atoms with Crippen LogP contribution in [0.25, 0.3) is 16.7 Å². The van der Waals surface area contributed by atoms with E-state index in [-0.39, 0.29) is 11.5 Å². The van der Waals surface area contributed by atoms with Crippen LogP contribution in [0.4, 0.5) is 11.4 Å². The zero-order valence-corrected chi connectivity index (χ0v) is 19.0. The molecular formula is C25H20N4O4S. The maximum atomic E-state index is 12.6. The molecule has 1 aliphatic rings. The van der Waals surface area contributed by atoms with Crippen LogP contribution in [0.15, 0.2) is 110 Å². The van der Waals surface area contributed by atoms with Gasteiger partial charge in [0.2, 0.25) is 5.89 Å². The summed E-state index contributed by atoms with van der Waals surface area (Å²) in [5, 5.41) is 8.63. The molecule has 0 saturated heterocycles. The van der Waals surface area contributed by atoms with Crippen LogP contribution >= 0.6 is 0 Å². The van der Waals surface area contributed by atoms with E-state index < -0.39 is 10.0 Å². The van der Waals surface area contributed by atoms with Crippen molar-refractivity contribution in [2.24, 2.45) is 10.2 Å². The molecule has 5 rings (SSSR count). The van der Waals surface area contributed by atoms with E-state index >= 15 is 0 Å². The van der Waals surface area contributed by atoms with Crippen LogP contribution in [0, 0.1) is 6.92 Å². The summed E-state index contributed by atoms with van der Waals surface area (Å²) in [6, 6.07) is 20.7. The lowest BCUT2D eigenvalue weighted by molar-refractivity contribution is 0.274. The number of sulfonamides is 1. The van der Waals surface area contributed by atoms with E-state index in [0.29, 0.717) is 34.1 Å². The predicted molar refractivity (Wildman–Crippen MR) is 129 cm³/mol. The number of hydrogen-bond acceptors (Lipinski definition) is 7. The summed E-state index contributed by atoms with van der Waals surface area (Å²) >= 11 is 0. The smallest absolute Gasteiger partial charge is 0.261 e. The summed E-state index contributed by atoms with van der Waals surface area (Å²) in [7, 11) is -3.71. The molecule has 0 aliphatic carbocycles.